The van der Waals surface area contributed by atoms with Crippen LogP contribution in [-0.4, -0.2) is 11.8 Å². The summed E-state index contributed by atoms with van der Waals surface area (Å²) in [5, 5.41) is 1.27. The zero-order valence-corrected chi connectivity index (χ0v) is 11.5. The molecule has 4 nitrogen and oxygen atoms in total. The smallest absolute Gasteiger partial charge is 0.267 e. The Balaban J connectivity index is 1.94. The molecule has 0 spiro atoms. The number of anilines is 1. The van der Waals surface area contributed by atoms with Crippen LogP contribution in [0.1, 0.15) is 11.1 Å². The molecule has 1 N–H and O–H groups in total. The topological polar surface area (TPSA) is 49.4 Å². The molecule has 1 aliphatic rings. The number of carbonyl (C=O) groups excluding carboxylic acids is 2. The molecule has 1 aliphatic heterocycles. The Morgan fingerprint density at radius 1 is 1.00 bits per heavy atom. The number of aryl methyl sites for hydroxylation is 1. The van der Waals surface area contributed by atoms with Gasteiger partial charge >= 0.3 is 0 Å². The molecule has 0 aromatic heterocycles. The minimum absolute atomic E-state index is 0.143. The lowest BCUT2D eigenvalue weighted by molar-refractivity contribution is -0.117. The molecule has 0 bridgehead atoms. The number of amides is 2. The van der Waals surface area contributed by atoms with E-state index in [4.69, 9.17) is 0 Å². The summed E-state index contributed by atoms with van der Waals surface area (Å²) in [5.74, 6) is -0.724. The van der Waals surface area contributed by atoms with Crippen LogP contribution in [-0.2, 0) is 9.59 Å². The van der Waals surface area contributed by atoms with Crippen LogP contribution in [0, 0.1) is 6.92 Å². The number of carbonyl (C=O) groups is 2. The van der Waals surface area contributed by atoms with Crippen LogP contribution >= 0.6 is 0 Å². The van der Waals surface area contributed by atoms with Crippen molar-refractivity contribution in [3.05, 3.63) is 71.3 Å². The van der Waals surface area contributed by atoms with Gasteiger partial charge in [-0.15, -0.1) is 0 Å². The molecule has 1 saturated heterocycles. The molecule has 2 amide bonds. The maximum absolute atomic E-state index is 12.4. The Hall–Kier alpha value is -2.88. The second kappa shape index (κ2) is 5.25. The van der Waals surface area contributed by atoms with E-state index in [0.717, 1.165) is 11.1 Å². The summed E-state index contributed by atoms with van der Waals surface area (Å²) >= 11 is 0. The molecular weight excluding hydrogens is 264 g/mol. The number of rotatable bonds is 2. The van der Waals surface area contributed by atoms with Crippen molar-refractivity contribution in [2.75, 3.05) is 5.01 Å². The van der Waals surface area contributed by atoms with Gasteiger partial charge in [0, 0.05) is 0 Å². The van der Waals surface area contributed by atoms with Crippen LogP contribution in [0.2, 0.25) is 0 Å². The average Bonchev–Trinajstić information content (AvgIpc) is 2.76. The third-order valence-corrected chi connectivity index (χ3v) is 3.26. The van der Waals surface area contributed by atoms with Crippen molar-refractivity contribution >= 4 is 23.6 Å². The highest BCUT2D eigenvalue weighted by atomic mass is 16.2. The molecule has 0 aliphatic carbocycles. The fourth-order valence-corrected chi connectivity index (χ4v) is 2.24. The van der Waals surface area contributed by atoms with E-state index >= 15 is 0 Å². The van der Waals surface area contributed by atoms with E-state index in [9.17, 15) is 9.59 Å². The Morgan fingerprint density at radius 2 is 1.76 bits per heavy atom. The van der Waals surface area contributed by atoms with Crippen molar-refractivity contribution in [1.29, 1.82) is 0 Å². The molecule has 3 rings (SSSR count). The van der Waals surface area contributed by atoms with E-state index in [0.29, 0.717) is 5.69 Å². The first-order valence-electron chi connectivity index (χ1n) is 6.64. The monoisotopic (exact) mass is 278 g/mol. The van der Waals surface area contributed by atoms with Gasteiger partial charge in [-0.1, -0.05) is 48.0 Å². The molecule has 2 aromatic carbocycles. The molecule has 21 heavy (non-hydrogen) atoms. The number of hydrogen-bond acceptors (Lipinski definition) is 2. The Bertz CT molecular complexity index is 735. The number of nitrogens with one attached hydrogen (secondary N) is 1. The SMILES string of the molecule is Cc1cccc(C=C2C(=O)NN(c3ccccc3)C2=O)c1. The number of nitrogens with zero attached hydrogens (tertiary/aromatic N) is 1. The number of hydrogen-bond donors (Lipinski definition) is 1. The lowest BCUT2D eigenvalue weighted by Gasteiger charge is -2.13. The molecule has 0 radical (unpaired) electrons. The predicted octanol–water partition coefficient (Wildman–Crippen LogP) is 2.46. The van der Waals surface area contributed by atoms with Gasteiger partial charge in [-0.05, 0) is 30.7 Å². The van der Waals surface area contributed by atoms with Crippen LogP contribution in [0.5, 0.6) is 0 Å². The van der Waals surface area contributed by atoms with E-state index in [2.05, 4.69) is 5.43 Å². The van der Waals surface area contributed by atoms with E-state index in [1.807, 2.05) is 49.4 Å². The molecule has 2 aromatic rings. The lowest BCUT2D eigenvalue weighted by atomic mass is 10.1. The fraction of sp³-hybridized carbons (Fsp3) is 0.0588. The Kier molecular flexibility index (Phi) is 3.28. The first-order valence-corrected chi connectivity index (χ1v) is 6.64. The molecule has 1 fully saturated rings. The highest BCUT2D eigenvalue weighted by Gasteiger charge is 2.34. The summed E-state index contributed by atoms with van der Waals surface area (Å²) in [7, 11) is 0. The second-order valence-corrected chi connectivity index (χ2v) is 4.89. The zero-order chi connectivity index (χ0) is 14.8. The predicted molar refractivity (Wildman–Crippen MR) is 81.2 cm³/mol. The zero-order valence-electron chi connectivity index (χ0n) is 11.5. The number of para-hydroxylation sites is 1. The molecular formula is C17H14N2O2. The first kappa shape index (κ1) is 13.1. The summed E-state index contributed by atoms with van der Waals surface area (Å²) in [6.45, 7) is 1.97. The standard InChI is InChI=1S/C17H14N2O2/c1-12-6-5-7-13(10-12)11-15-16(20)18-19(17(15)21)14-8-3-2-4-9-14/h2-11H,1H3,(H,18,20). The van der Waals surface area contributed by atoms with Gasteiger partial charge in [0.25, 0.3) is 11.8 Å². The minimum atomic E-state index is -0.384. The van der Waals surface area contributed by atoms with E-state index in [1.165, 1.54) is 5.01 Å². The van der Waals surface area contributed by atoms with Gasteiger partial charge in [0.15, 0.2) is 0 Å². The summed E-state index contributed by atoms with van der Waals surface area (Å²) in [6.07, 6.45) is 1.62. The second-order valence-electron chi connectivity index (χ2n) is 4.89. The van der Waals surface area contributed by atoms with Gasteiger partial charge in [-0.25, -0.2) is 5.01 Å². The van der Waals surface area contributed by atoms with Crippen molar-refractivity contribution < 1.29 is 9.59 Å². The van der Waals surface area contributed by atoms with E-state index in [1.54, 1.807) is 18.2 Å². The third kappa shape index (κ3) is 2.56. The molecule has 0 atom stereocenters. The maximum atomic E-state index is 12.4. The maximum Gasteiger partial charge on any atom is 0.282 e. The van der Waals surface area contributed by atoms with E-state index in [-0.39, 0.29) is 17.4 Å². The minimum Gasteiger partial charge on any atom is -0.267 e. The van der Waals surface area contributed by atoms with Crippen molar-refractivity contribution in [1.82, 2.24) is 5.43 Å². The molecule has 4 heteroatoms. The Morgan fingerprint density at radius 3 is 2.48 bits per heavy atom. The van der Waals surface area contributed by atoms with E-state index < -0.39 is 0 Å². The van der Waals surface area contributed by atoms with Crippen LogP contribution < -0.4 is 10.4 Å². The van der Waals surface area contributed by atoms with Gasteiger partial charge in [-0.3, -0.25) is 15.0 Å². The van der Waals surface area contributed by atoms with Crippen LogP contribution in [0.15, 0.2) is 60.2 Å². The number of hydrazine groups is 1. The van der Waals surface area contributed by atoms with Crippen molar-refractivity contribution in [2.45, 2.75) is 6.92 Å². The lowest BCUT2D eigenvalue weighted by Crippen LogP contribution is -2.35. The molecule has 0 saturated carbocycles. The molecule has 1 heterocycles. The van der Waals surface area contributed by atoms with Crippen molar-refractivity contribution in [3.8, 4) is 0 Å². The number of benzene rings is 2. The normalized spacial score (nSPS) is 16.4. The summed E-state index contributed by atoms with van der Waals surface area (Å²) in [4.78, 5) is 24.4. The van der Waals surface area contributed by atoms with Crippen LogP contribution in [0.4, 0.5) is 5.69 Å². The van der Waals surface area contributed by atoms with Crippen LogP contribution in [0.3, 0.4) is 0 Å². The highest BCUT2D eigenvalue weighted by molar-refractivity contribution is 6.31. The average molecular weight is 278 g/mol. The van der Waals surface area contributed by atoms with Gasteiger partial charge in [-0.2, -0.15) is 0 Å². The van der Waals surface area contributed by atoms with Gasteiger partial charge < -0.3 is 0 Å². The molecule has 0 unspecified atom stereocenters. The fourth-order valence-electron chi connectivity index (χ4n) is 2.24. The van der Waals surface area contributed by atoms with Gasteiger partial charge in [0.2, 0.25) is 0 Å². The first-order chi connectivity index (χ1) is 10.1. The summed E-state index contributed by atoms with van der Waals surface area (Å²) in [6, 6.07) is 16.7. The Labute approximate surface area is 122 Å². The quantitative estimate of drug-likeness (QED) is 0.677. The van der Waals surface area contributed by atoms with Gasteiger partial charge in [0.1, 0.15) is 5.57 Å². The highest BCUT2D eigenvalue weighted by Crippen LogP contribution is 2.21. The van der Waals surface area contributed by atoms with Gasteiger partial charge in [0.05, 0.1) is 5.69 Å². The summed E-state index contributed by atoms with van der Waals surface area (Å²) < 4.78 is 0. The summed E-state index contributed by atoms with van der Waals surface area (Å²) in [5.41, 5.74) is 5.28. The van der Waals surface area contributed by atoms with Crippen molar-refractivity contribution in [3.63, 3.8) is 0 Å². The largest absolute Gasteiger partial charge is 0.282 e. The van der Waals surface area contributed by atoms with Crippen molar-refractivity contribution in [2.24, 2.45) is 0 Å². The van der Waals surface area contributed by atoms with Crippen LogP contribution in [0.25, 0.3) is 6.08 Å². The third-order valence-electron chi connectivity index (χ3n) is 3.26. The molecule has 104 valence electrons.